The van der Waals surface area contributed by atoms with Gasteiger partial charge in [-0.05, 0) is 43.9 Å². The minimum atomic E-state index is -1.05. The average Bonchev–Trinajstić information content (AvgIpc) is 3.12. The summed E-state index contributed by atoms with van der Waals surface area (Å²) in [5.41, 5.74) is 3.37. The monoisotopic (exact) mass is 404 g/mol. The number of hydrogen-bond acceptors (Lipinski definition) is 5. The molecule has 3 aromatic rings. The van der Waals surface area contributed by atoms with Crippen LogP contribution in [0.3, 0.4) is 0 Å². The number of aldehydes is 1. The van der Waals surface area contributed by atoms with Crippen LogP contribution in [0.4, 0.5) is 5.69 Å². The summed E-state index contributed by atoms with van der Waals surface area (Å²) >= 11 is 0. The summed E-state index contributed by atoms with van der Waals surface area (Å²) in [6.07, 6.45) is 5.96. The van der Waals surface area contributed by atoms with E-state index in [-0.39, 0.29) is 11.6 Å². The zero-order chi connectivity index (χ0) is 20.7. The lowest BCUT2D eigenvalue weighted by Gasteiger charge is -2.33. The zero-order valence-electron chi connectivity index (χ0n) is 16.7. The molecule has 2 aromatic heterocycles. The number of aromatic nitrogens is 3. The predicted molar refractivity (Wildman–Crippen MR) is 113 cm³/mol. The smallest absolute Gasteiger partial charge is 0.354 e. The molecule has 30 heavy (non-hydrogen) atoms. The number of carbonyl (C=O) groups is 2. The van der Waals surface area contributed by atoms with Gasteiger partial charge in [-0.25, -0.2) is 14.5 Å². The van der Waals surface area contributed by atoms with Crippen LogP contribution in [0.2, 0.25) is 0 Å². The number of aromatic carboxylic acids is 1. The molecule has 1 saturated heterocycles. The molecule has 7 nitrogen and oxygen atoms in total. The molecule has 154 valence electrons. The molecule has 3 heterocycles. The van der Waals surface area contributed by atoms with E-state index in [2.05, 4.69) is 9.88 Å². The second-order valence-electron chi connectivity index (χ2n) is 8.25. The van der Waals surface area contributed by atoms with Crippen molar-refractivity contribution in [1.82, 2.24) is 14.8 Å². The van der Waals surface area contributed by atoms with Crippen molar-refractivity contribution in [3.05, 3.63) is 47.8 Å². The Bertz CT molecular complexity index is 1100. The predicted octanol–water partition coefficient (Wildman–Crippen LogP) is 3.80. The third-order valence-electron chi connectivity index (χ3n) is 6.43. The van der Waals surface area contributed by atoms with Gasteiger partial charge in [-0.2, -0.15) is 5.10 Å². The minimum Gasteiger partial charge on any atom is -0.477 e. The summed E-state index contributed by atoms with van der Waals surface area (Å²) in [6, 6.07) is 11.4. The molecule has 2 fully saturated rings. The van der Waals surface area contributed by atoms with Gasteiger partial charge in [0.1, 0.15) is 6.29 Å². The number of anilines is 1. The summed E-state index contributed by atoms with van der Waals surface area (Å²) in [7, 11) is 0. The Hall–Kier alpha value is -3.22. The van der Waals surface area contributed by atoms with Crippen LogP contribution in [0.25, 0.3) is 16.7 Å². The highest BCUT2D eigenvalue weighted by atomic mass is 16.4. The van der Waals surface area contributed by atoms with Gasteiger partial charge in [0.2, 0.25) is 0 Å². The molecule has 0 unspecified atom stereocenters. The van der Waals surface area contributed by atoms with Crippen LogP contribution >= 0.6 is 0 Å². The highest BCUT2D eigenvalue weighted by Gasteiger charge is 2.31. The van der Waals surface area contributed by atoms with E-state index in [0.29, 0.717) is 11.6 Å². The Labute approximate surface area is 174 Å². The number of pyridine rings is 1. The quantitative estimate of drug-likeness (QED) is 0.651. The molecule has 0 spiro atoms. The number of nitrogens with zero attached hydrogens (tertiary/aromatic N) is 4. The molecule has 0 amide bonds. The number of hydrogen-bond donors (Lipinski definition) is 1. The van der Waals surface area contributed by atoms with Crippen molar-refractivity contribution < 1.29 is 14.7 Å². The summed E-state index contributed by atoms with van der Waals surface area (Å²) in [6.45, 7) is 1.45. The van der Waals surface area contributed by atoms with E-state index in [1.165, 1.54) is 6.42 Å². The Kier molecular flexibility index (Phi) is 4.73. The van der Waals surface area contributed by atoms with Crippen molar-refractivity contribution in [1.29, 1.82) is 0 Å². The molecular weight excluding hydrogens is 380 g/mol. The van der Waals surface area contributed by atoms with E-state index in [1.807, 2.05) is 30.3 Å². The van der Waals surface area contributed by atoms with Crippen LogP contribution in [0.15, 0.2) is 36.4 Å². The van der Waals surface area contributed by atoms with Crippen LogP contribution in [-0.4, -0.2) is 45.2 Å². The first-order valence-corrected chi connectivity index (χ1v) is 10.6. The van der Waals surface area contributed by atoms with E-state index < -0.39 is 5.97 Å². The van der Waals surface area contributed by atoms with Gasteiger partial charge >= 0.3 is 5.97 Å². The summed E-state index contributed by atoms with van der Waals surface area (Å²) in [5, 5.41) is 15.6. The topological polar surface area (TPSA) is 88.3 Å². The lowest BCUT2D eigenvalue weighted by molar-refractivity contribution is -0.111. The highest BCUT2D eigenvalue weighted by Crippen LogP contribution is 2.43. The third-order valence-corrected chi connectivity index (χ3v) is 6.43. The fraction of sp³-hybridized carbons (Fsp3) is 0.391. The molecule has 1 saturated carbocycles. The van der Waals surface area contributed by atoms with Gasteiger partial charge < -0.3 is 14.8 Å². The largest absolute Gasteiger partial charge is 0.477 e. The maximum atomic E-state index is 11.9. The van der Waals surface area contributed by atoms with Gasteiger partial charge in [0.25, 0.3) is 0 Å². The molecular formula is C23H24N4O3. The first kappa shape index (κ1) is 18.8. The van der Waals surface area contributed by atoms with Crippen LogP contribution in [0.1, 0.15) is 54.2 Å². The van der Waals surface area contributed by atoms with Crippen molar-refractivity contribution in [2.45, 2.75) is 38.0 Å². The van der Waals surface area contributed by atoms with Crippen molar-refractivity contribution >= 4 is 29.0 Å². The first-order chi connectivity index (χ1) is 14.7. The molecule has 1 N–H and O–H groups in total. The van der Waals surface area contributed by atoms with Crippen molar-refractivity contribution in [2.24, 2.45) is 5.92 Å². The number of para-hydroxylation sites is 1. The van der Waals surface area contributed by atoms with Gasteiger partial charge in [-0.1, -0.05) is 24.6 Å². The van der Waals surface area contributed by atoms with Gasteiger partial charge in [0, 0.05) is 24.9 Å². The Morgan fingerprint density at radius 2 is 1.83 bits per heavy atom. The second-order valence-corrected chi connectivity index (χ2v) is 8.25. The standard InChI is InChI=1S/C23H24N4O3/c28-14-15-9-11-26(12-10-15)19-13-18(23(29)30)24-22-20(19)21(16-5-4-6-16)25-27(22)17-7-2-1-3-8-17/h1-3,7-8,13-16H,4-6,9-12H2,(H,29,30). The third kappa shape index (κ3) is 3.14. The SMILES string of the molecule is O=CC1CCN(c2cc(C(=O)O)nc3c2c(C2CCC2)nn3-c2ccccc2)CC1. The van der Waals surface area contributed by atoms with Crippen LogP contribution in [0, 0.1) is 5.92 Å². The van der Waals surface area contributed by atoms with Gasteiger partial charge in [0.05, 0.1) is 22.5 Å². The van der Waals surface area contributed by atoms with Gasteiger partial charge in [-0.3, -0.25) is 0 Å². The average molecular weight is 404 g/mol. The summed E-state index contributed by atoms with van der Waals surface area (Å²) in [4.78, 5) is 29.8. The highest BCUT2D eigenvalue weighted by molar-refractivity contribution is 5.98. The van der Waals surface area contributed by atoms with Crippen LogP contribution in [-0.2, 0) is 4.79 Å². The molecule has 5 rings (SSSR count). The van der Waals surface area contributed by atoms with Crippen LogP contribution < -0.4 is 4.90 Å². The number of fused-ring (bicyclic) bond motifs is 1. The molecule has 7 heteroatoms. The molecule has 1 aliphatic heterocycles. The molecule has 0 radical (unpaired) electrons. The Morgan fingerprint density at radius 3 is 2.43 bits per heavy atom. The molecule has 1 aromatic carbocycles. The lowest BCUT2D eigenvalue weighted by atomic mass is 9.82. The van der Waals surface area contributed by atoms with Crippen molar-refractivity contribution in [3.63, 3.8) is 0 Å². The molecule has 0 bridgehead atoms. The van der Waals surface area contributed by atoms with E-state index in [0.717, 1.165) is 67.5 Å². The Balaban J connectivity index is 1.73. The lowest BCUT2D eigenvalue weighted by Crippen LogP contribution is -2.34. The van der Waals surface area contributed by atoms with Crippen LogP contribution in [0.5, 0.6) is 0 Å². The van der Waals surface area contributed by atoms with E-state index in [4.69, 9.17) is 5.10 Å². The minimum absolute atomic E-state index is 0.0206. The van der Waals surface area contributed by atoms with Crippen molar-refractivity contribution in [2.75, 3.05) is 18.0 Å². The maximum Gasteiger partial charge on any atom is 0.354 e. The normalized spacial score (nSPS) is 17.8. The van der Waals surface area contributed by atoms with Gasteiger partial charge in [0.15, 0.2) is 11.3 Å². The number of rotatable bonds is 5. The molecule has 0 atom stereocenters. The first-order valence-electron chi connectivity index (χ1n) is 10.6. The number of carboxylic acids is 1. The molecule has 1 aliphatic carbocycles. The maximum absolute atomic E-state index is 11.9. The van der Waals surface area contributed by atoms with Crippen molar-refractivity contribution in [3.8, 4) is 5.69 Å². The number of benzene rings is 1. The summed E-state index contributed by atoms with van der Waals surface area (Å²) in [5.74, 6) is -0.594. The number of carboxylic acid groups (broad SMARTS) is 1. The number of piperidine rings is 1. The Morgan fingerprint density at radius 1 is 1.10 bits per heavy atom. The zero-order valence-corrected chi connectivity index (χ0v) is 16.7. The molecule has 2 aliphatic rings. The van der Waals surface area contributed by atoms with E-state index in [9.17, 15) is 14.7 Å². The van der Waals surface area contributed by atoms with E-state index >= 15 is 0 Å². The van der Waals surface area contributed by atoms with Gasteiger partial charge in [-0.15, -0.1) is 0 Å². The number of carbonyl (C=O) groups excluding carboxylic acids is 1. The fourth-order valence-electron chi connectivity index (χ4n) is 4.47. The fourth-order valence-corrected chi connectivity index (χ4v) is 4.47. The van der Waals surface area contributed by atoms with E-state index in [1.54, 1.807) is 10.7 Å². The second kappa shape index (κ2) is 7.55. The summed E-state index contributed by atoms with van der Waals surface area (Å²) < 4.78 is 1.79.